The van der Waals surface area contributed by atoms with Crippen LogP contribution in [0.2, 0.25) is 0 Å². The molecule has 2 rings (SSSR count). The van der Waals surface area contributed by atoms with Crippen molar-refractivity contribution >= 4 is 27.5 Å². The third-order valence-electron chi connectivity index (χ3n) is 3.06. The van der Waals surface area contributed by atoms with Gasteiger partial charge in [0.05, 0.1) is 0 Å². The average molecular weight is 332 g/mol. The second-order valence-electron chi connectivity index (χ2n) is 5.76. The normalized spacial score (nSPS) is 11.2. The number of hydrogen-bond donors (Lipinski definition) is 1. The van der Waals surface area contributed by atoms with Crippen LogP contribution in [0.1, 0.15) is 36.7 Å². The highest BCUT2D eigenvalue weighted by molar-refractivity contribution is 9.10. The van der Waals surface area contributed by atoms with Crippen molar-refractivity contribution in [1.82, 2.24) is 0 Å². The molecule has 0 heterocycles. The van der Waals surface area contributed by atoms with E-state index in [2.05, 4.69) is 42.0 Å². The summed E-state index contributed by atoms with van der Waals surface area (Å²) >= 11 is 3.40. The van der Waals surface area contributed by atoms with Crippen molar-refractivity contribution in [3.63, 3.8) is 0 Å². The minimum atomic E-state index is -0.0753. The number of carbonyl (C=O) groups is 1. The van der Waals surface area contributed by atoms with Gasteiger partial charge in [-0.2, -0.15) is 0 Å². The van der Waals surface area contributed by atoms with E-state index in [0.717, 1.165) is 21.3 Å². The molecule has 0 fully saturated rings. The zero-order chi connectivity index (χ0) is 14.8. The summed E-state index contributed by atoms with van der Waals surface area (Å²) in [5.41, 5.74) is 2.49. The molecule has 3 heteroatoms. The van der Waals surface area contributed by atoms with Crippen LogP contribution in [0, 0.1) is 0 Å². The van der Waals surface area contributed by atoms with E-state index in [1.165, 1.54) is 0 Å². The quantitative estimate of drug-likeness (QED) is 0.824. The summed E-state index contributed by atoms with van der Waals surface area (Å²) in [5.74, 6) is -0.0753. The van der Waals surface area contributed by atoms with E-state index < -0.39 is 0 Å². The van der Waals surface area contributed by atoms with Gasteiger partial charge in [-0.15, -0.1) is 0 Å². The fraction of sp³-hybridized carbons (Fsp3) is 0.235. The third kappa shape index (κ3) is 3.48. The molecule has 0 saturated heterocycles. The van der Waals surface area contributed by atoms with Gasteiger partial charge < -0.3 is 5.32 Å². The Morgan fingerprint density at radius 1 is 1.05 bits per heavy atom. The average Bonchev–Trinajstić information content (AvgIpc) is 2.37. The van der Waals surface area contributed by atoms with E-state index in [1.54, 1.807) is 0 Å². The summed E-state index contributed by atoms with van der Waals surface area (Å²) in [5, 5.41) is 2.94. The van der Waals surface area contributed by atoms with Gasteiger partial charge in [-0.05, 0) is 35.2 Å². The van der Waals surface area contributed by atoms with Gasteiger partial charge in [0.2, 0.25) is 0 Å². The van der Waals surface area contributed by atoms with Crippen LogP contribution in [-0.4, -0.2) is 5.91 Å². The molecule has 0 saturated carbocycles. The van der Waals surface area contributed by atoms with Crippen molar-refractivity contribution < 1.29 is 4.79 Å². The van der Waals surface area contributed by atoms with Gasteiger partial charge in [0.15, 0.2) is 0 Å². The van der Waals surface area contributed by atoms with Crippen LogP contribution in [0.3, 0.4) is 0 Å². The van der Waals surface area contributed by atoms with Gasteiger partial charge in [0, 0.05) is 15.7 Å². The highest BCUT2D eigenvalue weighted by Crippen LogP contribution is 2.26. The monoisotopic (exact) mass is 331 g/mol. The van der Waals surface area contributed by atoms with Crippen molar-refractivity contribution in [3.05, 3.63) is 64.1 Å². The van der Waals surface area contributed by atoms with E-state index in [-0.39, 0.29) is 11.3 Å². The number of hydrogen-bond acceptors (Lipinski definition) is 1. The predicted molar refractivity (Wildman–Crippen MR) is 87.2 cm³/mol. The molecule has 0 aromatic heterocycles. The predicted octanol–water partition coefficient (Wildman–Crippen LogP) is 5.00. The highest BCUT2D eigenvalue weighted by atomic mass is 79.9. The molecule has 0 bridgehead atoms. The van der Waals surface area contributed by atoms with E-state index in [9.17, 15) is 4.79 Å². The summed E-state index contributed by atoms with van der Waals surface area (Å²) in [6.45, 7) is 6.33. The minimum Gasteiger partial charge on any atom is -0.322 e. The maximum absolute atomic E-state index is 12.5. The van der Waals surface area contributed by atoms with Gasteiger partial charge in [-0.1, -0.05) is 61.0 Å². The van der Waals surface area contributed by atoms with Gasteiger partial charge >= 0.3 is 0 Å². The lowest BCUT2D eigenvalue weighted by atomic mass is 9.83. The molecular weight excluding hydrogens is 314 g/mol. The Kier molecular flexibility index (Phi) is 4.29. The number of rotatable bonds is 2. The van der Waals surface area contributed by atoms with Crippen molar-refractivity contribution in [2.75, 3.05) is 5.32 Å². The Balaban J connectivity index is 2.31. The first-order valence-corrected chi connectivity index (χ1v) is 7.33. The van der Waals surface area contributed by atoms with Crippen LogP contribution in [-0.2, 0) is 5.41 Å². The number of nitrogens with one attached hydrogen (secondary N) is 1. The highest BCUT2D eigenvalue weighted by Gasteiger charge is 2.21. The number of anilines is 1. The Morgan fingerprint density at radius 3 is 2.40 bits per heavy atom. The van der Waals surface area contributed by atoms with Crippen molar-refractivity contribution in [3.8, 4) is 0 Å². The Labute approximate surface area is 128 Å². The zero-order valence-corrected chi connectivity index (χ0v) is 13.5. The molecule has 2 nitrogen and oxygen atoms in total. The van der Waals surface area contributed by atoms with Crippen LogP contribution < -0.4 is 5.32 Å². The molecule has 0 atom stereocenters. The van der Waals surface area contributed by atoms with Crippen molar-refractivity contribution in [2.24, 2.45) is 0 Å². The Bertz CT molecular complexity index is 629. The number of halogens is 1. The zero-order valence-electron chi connectivity index (χ0n) is 11.9. The molecule has 0 unspecified atom stereocenters. The van der Waals surface area contributed by atoms with Crippen molar-refractivity contribution in [1.29, 1.82) is 0 Å². The molecular formula is C17H18BrNO. The molecule has 0 spiro atoms. The lowest BCUT2D eigenvalue weighted by Gasteiger charge is -2.22. The maximum atomic E-state index is 12.5. The summed E-state index contributed by atoms with van der Waals surface area (Å²) in [4.78, 5) is 12.5. The number of amides is 1. The van der Waals surface area contributed by atoms with Crippen LogP contribution in [0.4, 0.5) is 5.69 Å². The van der Waals surface area contributed by atoms with Crippen LogP contribution in [0.15, 0.2) is 53.0 Å². The van der Waals surface area contributed by atoms with E-state index in [4.69, 9.17) is 0 Å². The molecule has 0 radical (unpaired) electrons. The molecule has 0 aliphatic carbocycles. The van der Waals surface area contributed by atoms with Crippen LogP contribution in [0.25, 0.3) is 0 Å². The molecule has 1 N–H and O–H groups in total. The fourth-order valence-electron chi connectivity index (χ4n) is 2.10. The summed E-state index contributed by atoms with van der Waals surface area (Å²) < 4.78 is 0.944. The molecule has 104 valence electrons. The molecule has 2 aromatic rings. The maximum Gasteiger partial charge on any atom is 0.255 e. The standard InChI is InChI=1S/C17H18BrNO/c1-17(2,3)15-10-5-4-9-14(15)16(20)19-13-8-6-7-12(18)11-13/h4-11H,1-3H3,(H,19,20). The van der Waals surface area contributed by atoms with E-state index in [1.807, 2.05) is 48.5 Å². The summed E-state index contributed by atoms with van der Waals surface area (Å²) in [6.07, 6.45) is 0. The van der Waals surface area contributed by atoms with Crippen LogP contribution in [0.5, 0.6) is 0 Å². The molecule has 0 aliphatic rings. The minimum absolute atomic E-state index is 0.0643. The topological polar surface area (TPSA) is 29.1 Å². The second-order valence-corrected chi connectivity index (χ2v) is 6.68. The van der Waals surface area contributed by atoms with E-state index >= 15 is 0 Å². The first-order chi connectivity index (χ1) is 9.38. The SMILES string of the molecule is CC(C)(C)c1ccccc1C(=O)Nc1cccc(Br)c1. The van der Waals surface area contributed by atoms with Gasteiger partial charge in [-0.3, -0.25) is 4.79 Å². The first kappa shape index (κ1) is 14.8. The van der Waals surface area contributed by atoms with Gasteiger partial charge in [0.1, 0.15) is 0 Å². The lowest BCUT2D eigenvalue weighted by Crippen LogP contribution is -2.20. The fourth-order valence-corrected chi connectivity index (χ4v) is 2.50. The lowest BCUT2D eigenvalue weighted by molar-refractivity contribution is 0.102. The molecule has 20 heavy (non-hydrogen) atoms. The Hall–Kier alpha value is -1.61. The van der Waals surface area contributed by atoms with E-state index in [0.29, 0.717) is 0 Å². The summed E-state index contributed by atoms with van der Waals surface area (Å²) in [7, 11) is 0. The van der Waals surface area contributed by atoms with Crippen LogP contribution >= 0.6 is 15.9 Å². The summed E-state index contributed by atoms with van der Waals surface area (Å²) in [6, 6.07) is 15.3. The number of carbonyl (C=O) groups excluding carboxylic acids is 1. The third-order valence-corrected chi connectivity index (χ3v) is 3.56. The molecule has 1 amide bonds. The molecule has 0 aliphatic heterocycles. The second kappa shape index (κ2) is 5.80. The largest absolute Gasteiger partial charge is 0.322 e. The smallest absolute Gasteiger partial charge is 0.255 e. The number of benzene rings is 2. The Morgan fingerprint density at radius 2 is 1.75 bits per heavy atom. The van der Waals surface area contributed by atoms with Crippen molar-refractivity contribution in [2.45, 2.75) is 26.2 Å². The molecule has 2 aromatic carbocycles. The van der Waals surface area contributed by atoms with Gasteiger partial charge in [0.25, 0.3) is 5.91 Å². The first-order valence-electron chi connectivity index (χ1n) is 6.54. The van der Waals surface area contributed by atoms with Gasteiger partial charge in [-0.25, -0.2) is 0 Å².